The molecule has 0 fully saturated rings. The number of ether oxygens (including phenoxy) is 2. The van der Waals surface area contributed by atoms with E-state index in [4.69, 9.17) is 9.47 Å². The van der Waals surface area contributed by atoms with Crippen LogP contribution in [0.3, 0.4) is 0 Å². The maximum absolute atomic E-state index is 5.64. The third-order valence-corrected chi connectivity index (χ3v) is 2.92. The molecule has 90 valence electrons. The van der Waals surface area contributed by atoms with Gasteiger partial charge < -0.3 is 14.0 Å². The van der Waals surface area contributed by atoms with E-state index in [1.807, 2.05) is 29.8 Å². The van der Waals surface area contributed by atoms with Crippen LogP contribution in [-0.2, 0) is 13.7 Å². The second kappa shape index (κ2) is 5.18. The van der Waals surface area contributed by atoms with E-state index in [1.54, 1.807) is 13.4 Å². The van der Waals surface area contributed by atoms with Crippen molar-refractivity contribution in [1.82, 2.24) is 14.8 Å². The Balaban J connectivity index is 2.07. The molecule has 0 unspecified atom stereocenters. The van der Waals surface area contributed by atoms with Crippen LogP contribution >= 0.6 is 15.9 Å². The van der Waals surface area contributed by atoms with Crippen molar-refractivity contribution in [2.75, 3.05) is 7.11 Å². The molecule has 2 aromatic rings. The minimum Gasteiger partial charge on any atom is -0.497 e. The van der Waals surface area contributed by atoms with Crippen molar-refractivity contribution >= 4 is 15.9 Å². The van der Waals surface area contributed by atoms with E-state index in [1.165, 1.54) is 0 Å². The van der Waals surface area contributed by atoms with E-state index >= 15 is 0 Å². The molecule has 1 heterocycles. The van der Waals surface area contributed by atoms with E-state index in [0.717, 1.165) is 21.8 Å². The Morgan fingerprint density at radius 2 is 2.24 bits per heavy atom. The fraction of sp³-hybridized carbons (Fsp3) is 0.273. The van der Waals surface area contributed by atoms with Crippen LogP contribution in [0.2, 0.25) is 0 Å². The van der Waals surface area contributed by atoms with Gasteiger partial charge in [0.15, 0.2) is 5.82 Å². The van der Waals surface area contributed by atoms with E-state index in [2.05, 4.69) is 26.1 Å². The summed E-state index contributed by atoms with van der Waals surface area (Å²) in [5.41, 5.74) is 0. The molecule has 0 bridgehead atoms. The smallest absolute Gasteiger partial charge is 0.170 e. The van der Waals surface area contributed by atoms with Crippen LogP contribution in [0.4, 0.5) is 0 Å². The minimum absolute atomic E-state index is 0.376. The number of hydrogen-bond donors (Lipinski definition) is 0. The van der Waals surface area contributed by atoms with Gasteiger partial charge in [0.05, 0.1) is 11.6 Å². The Morgan fingerprint density at radius 1 is 1.41 bits per heavy atom. The van der Waals surface area contributed by atoms with Gasteiger partial charge in [-0.15, -0.1) is 10.2 Å². The maximum atomic E-state index is 5.64. The van der Waals surface area contributed by atoms with Crippen molar-refractivity contribution in [3.63, 3.8) is 0 Å². The molecule has 1 aromatic carbocycles. The summed E-state index contributed by atoms with van der Waals surface area (Å²) in [6.07, 6.45) is 1.64. The third kappa shape index (κ3) is 2.76. The number of hydrogen-bond acceptors (Lipinski definition) is 4. The Bertz CT molecular complexity index is 513. The summed E-state index contributed by atoms with van der Waals surface area (Å²) in [4.78, 5) is 0. The van der Waals surface area contributed by atoms with Gasteiger partial charge in [-0.2, -0.15) is 0 Å². The van der Waals surface area contributed by atoms with Gasteiger partial charge in [-0.3, -0.25) is 0 Å². The van der Waals surface area contributed by atoms with Gasteiger partial charge in [0.1, 0.15) is 24.4 Å². The summed E-state index contributed by atoms with van der Waals surface area (Å²) in [7, 11) is 3.50. The first kappa shape index (κ1) is 11.9. The summed E-state index contributed by atoms with van der Waals surface area (Å²) < 4.78 is 13.4. The molecule has 2 rings (SSSR count). The molecule has 0 aliphatic heterocycles. The predicted octanol–water partition coefficient (Wildman–Crippen LogP) is 2.17. The Kier molecular flexibility index (Phi) is 3.63. The number of rotatable bonds is 4. The number of aryl methyl sites for hydroxylation is 1. The van der Waals surface area contributed by atoms with Crippen molar-refractivity contribution in [3.05, 3.63) is 34.8 Å². The van der Waals surface area contributed by atoms with Crippen LogP contribution < -0.4 is 9.47 Å². The zero-order valence-electron chi connectivity index (χ0n) is 9.55. The summed E-state index contributed by atoms with van der Waals surface area (Å²) in [5, 5.41) is 7.73. The van der Waals surface area contributed by atoms with Crippen molar-refractivity contribution in [1.29, 1.82) is 0 Å². The first-order valence-electron chi connectivity index (χ1n) is 5.00. The van der Waals surface area contributed by atoms with Crippen LogP contribution in [0.1, 0.15) is 5.82 Å². The van der Waals surface area contributed by atoms with Crippen LogP contribution in [0, 0.1) is 0 Å². The van der Waals surface area contributed by atoms with Crippen LogP contribution in [-0.4, -0.2) is 21.9 Å². The second-order valence-electron chi connectivity index (χ2n) is 3.44. The van der Waals surface area contributed by atoms with Crippen LogP contribution in [0.25, 0.3) is 0 Å². The highest BCUT2D eigenvalue weighted by Gasteiger charge is 2.06. The number of aromatic nitrogens is 3. The molecule has 0 aliphatic rings. The Hall–Kier alpha value is -1.56. The molecule has 0 amide bonds. The number of nitrogens with zero attached hydrogens (tertiary/aromatic N) is 3. The monoisotopic (exact) mass is 297 g/mol. The lowest BCUT2D eigenvalue weighted by atomic mass is 10.3. The average molecular weight is 298 g/mol. The molecular weight excluding hydrogens is 286 g/mol. The third-order valence-electron chi connectivity index (χ3n) is 2.30. The standard InChI is InChI=1S/C11H12BrN3O2/c1-15-7-13-14-11(15)6-17-10-4-3-8(16-2)5-9(10)12/h3-5,7H,6H2,1-2H3. The van der Waals surface area contributed by atoms with Crippen molar-refractivity contribution in [2.24, 2.45) is 7.05 Å². The topological polar surface area (TPSA) is 49.2 Å². The van der Waals surface area contributed by atoms with Crippen molar-refractivity contribution in [2.45, 2.75) is 6.61 Å². The lowest BCUT2D eigenvalue weighted by Crippen LogP contribution is -2.03. The van der Waals surface area contributed by atoms with Gasteiger partial charge >= 0.3 is 0 Å². The SMILES string of the molecule is COc1ccc(OCc2nncn2C)c(Br)c1. The zero-order valence-corrected chi connectivity index (χ0v) is 11.1. The molecule has 0 saturated carbocycles. The second-order valence-corrected chi connectivity index (χ2v) is 4.30. The maximum Gasteiger partial charge on any atom is 0.170 e. The number of benzene rings is 1. The highest BCUT2D eigenvalue weighted by Crippen LogP contribution is 2.29. The molecule has 6 heteroatoms. The van der Waals surface area contributed by atoms with Crippen LogP contribution in [0.15, 0.2) is 29.0 Å². The van der Waals surface area contributed by atoms with Crippen molar-refractivity contribution in [3.8, 4) is 11.5 Å². The quantitative estimate of drug-likeness (QED) is 0.868. The van der Waals surface area contributed by atoms with E-state index in [9.17, 15) is 0 Å². The first-order valence-corrected chi connectivity index (χ1v) is 5.79. The van der Waals surface area contributed by atoms with Gasteiger partial charge in [-0.05, 0) is 34.1 Å². The molecule has 0 saturated heterocycles. The molecule has 17 heavy (non-hydrogen) atoms. The highest BCUT2D eigenvalue weighted by atomic mass is 79.9. The van der Waals surface area contributed by atoms with Gasteiger partial charge in [0, 0.05) is 7.05 Å². The first-order chi connectivity index (χ1) is 8.20. The van der Waals surface area contributed by atoms with Crippen molar-refractivity contribution < 1.29 is 9.47 Å². The highest BCUT2D eigenvalue weighted by molar-refractivity contribution is 9.10. The summed E-state index contributed by atoms with van der Waals surface area (Å²) in [6, 6.07) is 5.54. The molecule has 0 atom stereocenters. The normalized spacial score (nSPS) is 10.3. The lowest BCUT2D eigenvalue weighted by Gasteiger charge is -2.08. The number of halogens is 1. The molecule has 1 aromatic heterocycles. The fourth-order valence-electron chi connectivity index (χ4n) is 1.31. The average Bonchev–Trinajstić information content (AvgIpc) is 2.73. The lowest BCUT2D eigenvalue weighted by molar-refractivity contribution is 0.288. The van der Waals surface area contributed by atoms with Crippen LogP contribution in [0.5, 0.6) is 11.5 Å². The van der Waals surface area contributed by atoms with Gasteiger partial charge in [-0.25, -0.2) is 0 Å². The molecule has 0 aliphatic carbocycles. The minimum atomic E-state index is 0.376. The molecule has 0 spiro atoms. The van der Waals surface area contributed by atoms with E-state index in [0.29, 0.717) is 6.61 Å². The number of methoxy groups -OCH3 is 1. The molecule has 0 radical (unpaired) electrons. The van der Waals surface area contributed by atoms with Gasteiger partial charge in [0.25, 0.3) is 0 Å². The molecular formula is C11H12BrN3O2. The Labute approximate surface area is 108 Å². The molecule has 0 N–H and O–H groups in total. The zero-order chi connectivity index (χ0) is 12.3. The van der Waals surface area contributed by atoms with E-state index in [-0.39, 0.29) is 0 Å². The van der Waals surface area contributed by atoms with Gasteiger partial charge in [0.2, 0.25) is 0 Å². The van der Waals surface area contributed by atoms with E-state index < -0.39 is 0 Å². The molecule has 5 nitrogen and oxygen atoms in total. The summed E-state index contributed by atoms with van der Waals surface area (Å²) in [5.74, 6) is 2.30. The Morgan fingerprint density at radius 3 is 2.82 bits per heavy atom. The summed E-state index contributed by atoms with van der Waals surface area (Å²) in [6.45, 7) is 0.376. The summed E-state index contributed by atoms with van der Waals surface area (Å²) >= 11 is 3.42. The van der Waals surface area contributed by atoms with Gasteiger partial charge in [-0.1, -0.05) is 0 Å². The predicted molar refractivity (Wildman–Crippen MR) is 66.0 cm³/mol. The fourth-order valence-corrected chi connectivity index (χ4v) is 1.78. The largest absolute Gasteiger partial charge is 0.497 e.